The normalized spacial score (nSPS) is 15.9. The fourth-order valence-corrected chi connectivity index (χ4v) is 2.12. The molecule has 2 aromatic rings. The third kappa shape index (κ3) is 4.03. The molecule has 0 aromatic heterocycles. The van der Waals surface area contributed by atoms with Crippen molar-refractivity contribution >= 4 is 17.9 Å². The minimum atomic E-state index is -4.87. The van der Waals surface area contributed by atoms with Gasteiger partial charge in [-0.3, -0.25) is 0 Å². The summed E-state index contributed by atoms with van der Waals surface area (Å²) >= 11 is 0. The minimum Gasteiger partial charge on any atom is -0.405 e. The summed E-state index contributed by atoms with van der Waals surface area (Å²) in [7, 11) is 0. The molecule has 0 bridgehead atoms. The largest absolute Gasteiger partial charge is 0.573 e. The second-order valence-corrected chi connectivity index (χ2v) is 4.93. The quantitative estimate of drug-likeness (QED) is 0.476. The van der Waals surface area contributed by atoms with Crippen molar-refractivity contribution in [3.63, 3.8) is 0 Å². The highest BCUT2D eigenvalue weighted by atomic mass is 19.4. The molecule has 1 aliphatic rings. The van der Waals surface area contributed by atoms with E-state index in [1.54, 1.807) is 0 Å². The van der Waals surface area contributed by atoms with E-state index < -0.39 is 23.9 Å². The Morgan fingerprint density at radius 3 is 2.56 bits per heavy atom. The van der Waals surface area contributed by atoms with Crippen molar-refractivity contribution in [3.8, 4) is 5.75 Å². The zero-order valence-electron chi connectivity index (χ0n) is 12.4. The maximum absolute atomic E-state index is 13.2. The summed E-state index contributed by atoms with van der Waals surface area (Å²) in [6, 6.07) is 10.5. The topological polar surface area (TPSA) is 47.9 Å². The molecule has 1 aliphatic heterocycles. The summed E-state index contributed by atoms with van der Waals surface area (Å²) in [4.78, 5) is 15.8. The molecule has 0 amide bonds. The van der Waals surface area contributed by atoms with Crippen molar-refractivity contribution in [2.75, 3.05) is 0 Å². The molecule has 4 nitrogen and oxygen atoms in total. The number of carbonyl (C=O) groups excluding carboxylic acids is 1. The highest BCUT2D eigenvalue weighted by Gasteiger charge is 2.32. The van der Waals surface area contributed by atoms with Crippen LogP contribution in [0.1, 0.15) is 11.1 Å². The summed E-state index contributed by atoms with van der Waals surface area (Å²) in [5, 5.41) is 0. The lowest BCUT2D eigenvalue weighted by atomic mass is 10.1. The second kappa shape index (κ2) is 6.39. The predicted molar refractivity (Wildman–Crippen MR) is 80.1 cm³/mol. The number of halogens is 4. The van der Waals surface area contributed by atoms with E-state index in [-0.39, 0.29) is 22.7 Å². The Bertz CT molecular complexity index is 887. The number of nitrogens with zero attached hydrogens (tertiary/aromatic N) is 1. The van der Waals surface area contributed by atoms with Gasteiger partial charge in [-0.1, -0.05) is 24.3 Å². The summed E-state index contributed by atoms with van der Waals surface area (Å²) in [5.74, 6) is -2.02. The molecular weight excluding hydrogens is 342 g/mol. The smallest absolute Gasteiger partial charge is 0.405 e. The molecule has 128 valence electrons. The van der Waals surface area contributed by atoms with E-state index in [4.69, 9.17) is 4.74 Å². The zero-order valence-corrected chi connectivity index (χ0v) is 12.4. The number of benzene rings is 2. The lowest BCUT2D eigenvalue weighted by Gasteiger charge is -2.10. The molecule has 0 spiro atoms. The van der Waals surface area contributed by atoms with Crippen molar-refractivity contribution in [3.05, 3.63) is 71.2 Å². The molecular formula is C17H9F4NO3. The van der Waals surface area contributed by atoms with Crippen molar-refractivity contribution in [1.82, 2.24) is 0 Å². The first-order chi connectivity index (χ1) is 11.8. The summed E-state index contributed by atoms with van der Waals surface area (Å²) in [5.41, 5.74) is 0.00470. The third-order valence-corrected chi connectivity index (χ3v) is 3.13. The first-order valence-corrected chi connectivity index (χ1v) is 6.95. The van der Waals surface area contributed by atoms with Crippen LogP contribution in [0.4, 0.5) is 17.6 Å². The van der Waals surface area contributed by atoms with Crippen molar-refractivity contribution in [1.29, 1.82) is 0 Å². The van der Waals surface area contributed by atoms with Crippen LogP contribution in [-0.2, 0) is 9.53 Å². The minimum absolute atomic E-state index is 0.00369. The van der Waals surface area contributed by atoms with E-state index in [9.17, 15) is 22.4 Å². The Morgan fingerprint density at radius 2 is 1.84 bits per heavy atom. The van der Waals surface area contributed by atoms with Gasteiger partial charge in [0.2, 0.25) is 5.90 Å². The van der Waals surface area contributed by atoms with Crippen LogP contribution >= 0.6 is 0 Å². The van der Waals surface area contributed by atoms with Crippen LogP contribution in [0.5, 0.6) is 5.75 Å². The Balaban J connectivity index is 1.95. The first kappa shape index (κ1) is 16.7. The van der Waals surface area contributed by atoms with Gasteiger partial charge in [0.05, 0.1) is 0 Å². The molecule has 25 heavy (non-hydrogen) atoms. The van der Waals surface area contributed by atoms with Crippen LogP contribution < -0.4 is 4.74 Å². The Kier molecular flexibility index (Phi) is 4.26. The average molecular weight is 351 g/mol. The molecule has 1 heterocycles. The number of esters is 1. The van der Waals surface area contributed by atoms with Gasteiger partial charge in [-0.05, 0) is 30.3 Å². The molecule has 0 atom stereocenters. The van der Waals surface area contributed by atoms with Crippen LogP contribution in [0.2, 0.25) is 0 Å². The molecule has 3 rings (SSSR count). The monoisotopic (exact) mass is 351 g/mol. The van der Waals surface area contributed by atoms with Crippen LogP contribution in [-0.4, -0.2) is 18.2 Å². The maximum Gasteiger partial charge on any atom is 0.573 e. The predicted octanol–water partition coefficient (Wildman–Crippen LogP) is 4.07. The molecule has 0 aliphatic carbocycles. The van der Waals surface area contributed by atoms with Crippen LogP contribution in [0.25, 0.3) is 6.08 Å². The van der Waals surface area contributed by atoms with E-state index >= 15 is 0 Å². The number of ether oxygens (including phenoxy) is 2. The number of cyclic esters (lactones) is 1. The number of alkyl halides is 3. The fraction of sp³-hybridized carbons (Fsp3) is 0.0588. The summed E-state index contributed by atoms with van der Waals surface area (Å²) in [6.07, 6.45) is -3.77. The standard InChI is InChI=1S/C17H9F4NO3/c18-12-6-3-5-11(8-12)15-22-13(16(23)24-15)9-10-4-1-2-7-14(10)25-17(19,20)21/h1-9H/b13-9-. The summed E-state index contributed by atoms with van der Waals surface area (Å²) in [6.45, 7) is 0. The van der Waals surface area contributed by atoms with Gasteiger partial charge in [0, 0.05) is 11.1 Å². The van der Waals surface area contributed by atoms with Gasteiger partial charge < -0.3 is 9.47 Å². The maximum atomic E-state index is 13.2. The molecule has 0 N–H and O–H groups in total. The Morgan fingerprint density at radius 1 is 1.08 bits per heavy atom. The lowest BCUT2D eigenvalue weighted by Crippen LogP contribution is -2.17. The highest BCUT2D eigenvalue weighted by Crippen LogP contribution is 2.29. The van der Waals surface area contributed by atoms with E-state index in [0.29, 0.717) is 0 Å². The van der Waals surface area contributed by atoms with Crippen molar-refractivity contribution < 1.29 is 31.8 Å². The number of aliphatic imine (C=N–C) groups is 1. The molecule has 0 fully saturated rings. The van der Waals surface area contributed by atoms with Gasteiger partial charge in [0.25, 0.3) is 0 Å². The molecule has 2 aromatic carbocycles. The van der Waals surface area contributed by atoms with Crippen LogP contribution in [0, 0.1) is 5.82 Å². The molecule has 0 radical (unpaired) electrons. The van der Waals surface area contributed by atoms with E-state index in [0.717, 1.165) is 18.2 Å². The number of para-hydroxylation sites is 1. The number of hydrogen-bond donors (Lipinski definition) is 0. The summed E-state index contributed by atoms with van der Waals surface area (Å²) < 4.78 is 59.4. The van der Waals surface area contributed by atoms with E-state index in [2.05, 4.69) is 9.73 Å². The van der Waals surface area contributed by atoms with Gasteiger partial charge >= 0.3 is 12.3 Å². The highest BCUT2D eigenvalue weighted by molar-refractivity contribution is 6.12. The van der Waals surface area contributed by atoms with Gasteiger partial charge in [-0.15, -0.1) is 13.2 Å². The average Bonchev–Trinajstić information content (AvgIpc) is 2.89. The number of rotatable bonds is 3. The SMILES string of the molecule is O=C1OC(c2cccc(F)c2)=N/C1=C\c1ccccc1OC(F)(F)F. The Hall–Kier alpha value is -3.16. The number of hydrogen-bond acceptors (Lipinski definition) is 4. The molecule has 8 heteroatoms. The third-order valence-electron chi connectivity index (χ3n) is 3.13. The van der Waals surface area contributed by atoms with E-state index in [1.165, 1.54) is 36.4 Å². The Labute approximate surface area is 139 Å². The van der Waals surface area contributed by atoms with Crippen LogP contribution in [0.3, 0.4) is 0 Å². The van der Waals surface area contributed by atoms with Crippen molar-refractivity contribution in [2.45, 2.75) is 6.36 Å². The van der Waals surface area contributed by atoms with Gasteiger partial charge in [0.15, 0.2) is 5.70 Å². The molecule has 0 saturated carbocycles. The number of carbonyl (C=O) groups is 1. The lowest BCUT2D eigenvalue weighted by molar-refractivity contribution is -0.274. The first-order valence-electron chi connectivity index (χ1n) is 6.95. The molecule has 0 unspecified atom stereocenters. The van der Waals surface area contributed by atoms with Gasteiger partial charge in [0.1, 0.15) is 11.6 Å². The zero-order chi connectivity index (χ0) is 18.0. The van der Waals surface area contributed by atoms with Gasteiger partial charge in [-0.25, -0.2) is 14.2 Å². The van der Waals surface area contributed by atoms with E-state index in [1.807, 2.05) is 0 Å². The second-order valence-electron chi connectivity index (χ2n) is 4.93. The van der Waals surface area contributed by atoms with Crippen molar-refractivity contribution in [2.24, 2.45) is 4.99 Å². The van der Waals surface area contributed by atoms with Gasteiger partial charge in [-0.2, -0.15) is 0 Å². The fourth-order valence-electron chi connectivity index (χ4n) is 2.12. The molecule has 0 saturated heterocycles. The van der Waals surface area contributed by atoms with Crippen LogP contribution in [0.15, 0.2) is 59.2 Å².